The minimum absolute atomic E-state index is 0.0201. The number of nitrogens with zero attached hydrogens (tertiary/aromatic N) is 1. The van der Waals surface area contributed by atoms with Crippen molar-refractivity contribution < 1.29 is 13.2 Å². The predicted molar refractivity (Wildman–Crippen MR) is 70.1 cm³/mol. The zero-order valence-corrected chi connectivity index (χ0v) is 10.9. The van der Waals surface area contributed by atoms with Crippen molar-refractivity contribution in [2.75, 3.05) is 18.9 Å². The first-order valence-corrected chi connectivity index (χ1v) is 7.04. The molecule has 1 aromatic heterocycles. The quantitative estimate of drug-likeness (QED) is 0.523. The first-order chi connectivity index (χ1) is 9.09. The van der Waals surface area contributed by atoms with Gasteiger partial charge in [-0.05, 0) is 18.2 Å². The van der Waals surface area contributed by atoms with Crippen molar-refractivity contribution in [1.82, 2.24) is 14.9 Å². The number of aromatic nitrogens is 2. The molecule has 0 fully saturated rings. The Morgan fingerprint density at radius 3 is 2.79 bits per heavy atom. The zero-order valence-electron chi connectivity index (χ0n) is 10.0. The number of aromatic amines is 1. The number of para-hydroxylation sites is 2. The van der Waals surface area contributed by atoms with E-state index in [2.05, 4.69) is 14.9 Å². The van der Waals surface area contributed by atoms with Crippen LogP contribution in [-0.2, 0) is 10.0 Å². The van der Waals surface area contributed by atoms with Crippen molar-refractivity contribution in [3.05, 3.63) is 36.5 Å². The van der Waals surface area contributed by atoms with Gasteiger partial charge in [0, 0.05) is 6.54 Å². The summed E-state index contributed by atoms with van der Waals surface area (Å²) in [6.45, 7) is 0.317. The monoisotopic (exact) mass is 282 g/mol. The number of anilines is 1. The fourth-order valence-corrected chi connectivity index (χ4v) is 2.34. The van der Waals surface area contributed by atoms with E-state index in [4.69, 9.17) is 10.5 Å². The smallest absolute Gasteiger partial charge is 0.257 e. The van der Waals surface area contributed by atoms with E-state index in [-0.39, 0.29) is 18.2 Å². The Labute approximate surface area is 110 Å². The number of nitrogen functional groups attached to an aromatic ring is 1. The molecule has 0 spiro atoms. The van der Waals surface area contributed by atoms with Gasteiger partial charge in [0.1, 0.15) is 12.4 Å². The Kier molecular flexibility index (Phi) is 4.03. The maximum Gasteiger partial charge on any atom is 0.257 e. The van der Waals surface area contributed by atoms with E-state index < -0.39 is 10.0 Å². The third kappa shape index (κ3) is 3.46. The van der Waals surface area contributed by atoms with Crippen LogP contribution < -0.4 is 15.2 Å². The largest absolute Gasteiger partial charge is 0.490 e. The van der Waals surface area contributed by atoms with Crippen LogP contribution in [0.25, 0.3) is 0 Å². The fourth-order valence-electron chi connectivity index (χ4n) is 1.42. The average Bonchev–Trinajstić information content (AvgIpc) is 2.91. The summed E-state index contributed by atoms with van der Waals surface area (Å²) in [6.07, 6.45) is 1.37. The molecule has 0 saturated carbocycles. The molecule has 0 amide bonds. The lowest BCUT2D eigenvalue weighted by Crippen LogP contribution is -2.28. The number of nitrogens with one attached hydrogen (secondary N) is 2. The number of hydrogen-bond donors (Lipinski definition) is 3. The second-order valence-corrected chi connectivity index (χ2v) is 5.44. The van der Waals surface area contributed by atoms with Crippen molar-refractivity contribution in [1.29, 1.82) is 0 Å². The highest BCUT2D eigenvalue weighted by atomic mass is 32.2. The van der Waals surface area contributed by atoms with Crippen molar-refractivity contribution >= 4 is 15.7 Å². The molecule has 8 heteroatoms. The topological polar surface area (TPSA) is 110 Å². The van der Waals surface area contributed by atoms with Gasteiger partial charge in [0.15, 0.2) is 5.03 Å². The van der Waals surface area contributed by atoms with Crippen molar-refractivity contribution in [2.24, 2.45) is 0 Å². The first-order valence-electron chi connectivity index (χ1n) is 5.56. The van der Waals surface area contributed by atoms with Gasteiger partial charge in [-0.15, -0.1) is 0 Å². The van der Waals surface area contributed by atoms with Crippen LogP contribution in [-0.4, -0.2) is 31.8 Å². The van der Waals surface area contributed by atoms with E-state index in [9.17, 15) is 8.42 Å². The summed E-state index contributed by atoms with van der Waals surface area (Å²) in [5, 5.41) is 5.99. The summed E-state index contributed by atoms with van der Waals surface area (Å²) in [4.78, 5) is 0. The maximum absolute atomic E-state index is 11.7. The molecule has 19 heavy (non-hydrogen) atoms. The Balaban J connectivity index is 1.83. The van der Waals surface area contributed by atoms with Crippen molar-refractivity contribution in [3.8, 4) is 5.75 Å². The van der Waals surface area contributed by atoms with Crippen LogP contribution in [0.3, 0.4) is 0 Å². The molecule has 7 nitrogen and oxygen atoms in total. The number of benzene rings is 1. The van der Waals surface area contributed by atoms with E-state index >= 15 is 0 Å². The molecule has 2 rings (SSSR count). The number of hydrogen-bond acceptors (Lipinski definition) is 5. The lowest BCUT2D eigenvalue weighted by atomic mass is 10.3. The van der Waals surface area contributed by atoms with Crippen molar-refractivity contribution in [2.45, 2.75) is 5.03 Å². The van der Waals surface area contributed by atoms with E-state index in [0.29, 0.717) is 11.4 Å². The summed E-state index contributed by atoms with van der Waals surface area (Å²) in [6, 6.07) is 8.39. The Morgan fingerprint density at radius 2 is 2.11 bits per heavy atom. The number of sulfonamides is 1. The molecule has 0 bridgehead atoms. The molecule has 4 N–H and O–H groups in total. The normalized spacial score (nSPS) is 11.4. The van der Waals surface area contributed by atoms with Gasteiger partial charge < -0.3 is 10.5 Å². The summed E-state index contributed by atoms with van der Waals surface area (Å²) in [7, 11) is -3.56. The second-order valence-electron chi connectivity index (χ2n) is 3.70. The lowest BCUT2D eigenvalue weighted by molar-refractivity contribution is 0.324. The van der Waals surface area contributed by atoms with E-state index in [1.165, 1.54) is 12.3 Å². The van der Waals surface area contributed by atoms with Crippen LogP contribution in [0.1, 0.15) is 0 Å². The maximum atomic E-state index is 11.7. The molecule has 2 aromatic rings. The number of ether oxygens (including phenoxy) is 1. The fraction of sp³-hybridized carbons (Fsp3) is 0.182. The van der Waals surface area contributed by atoms with E-state index in [1.807, 2.05) is 0 Å². The SMILES string of the molecule is Nc1ccccc1OCCNS(=O)(=O)c1ccn[nH]1. The highest BCUT2D eigenvalue weighted by Crippen LogP contribution is 2.19. The minimum Gasteiger partial charge on any atom is -0.490 e. The molecule has 1 aromatic carbocycles. The molecule has 0 unspecified atom stereocenters. The molecular formula is C11H14N4O3S. The summed E-state index contributed by atoms with van der Waals surface area (Å²) in [5.74, 6) is 0.531. The van der Waals surface area contributed by atoms with Gasteiger partial charge in [0.25, 0.3) is 10.0 Å². The molecule has 0 aliphatic carbocycles. The van der Waals surface area contributed by atoms with Gasteiger partial charge in [0.2, 0.25) is 0 Å². The number of nitrogens with two attached hydrogens (primary N) is 1. The molecule has 0 aliphatic rings. The van der Waals surface area contributed by atoms with Crippen LogP contribution in [0.15, 0.2) is 41.6 Å². The van der Waals surface area contributed by atoms with Gasteiger partial charge in [-0.2, -0.15) is 5.10 Å². The van der Waals surface area contributed by atoms with Crippen LogP contribution in [0.2, 0.25) is 0 Å². The molecule has 0 radical (unpaired) electrons. The highest BCUT2D eigenvalue weighted by Gasteiger charge is 2.14. The van der Waals surface area contributed by atoms with Gasteiger partial charge in [-0.1, -0.05) is 12.1 Å². The van der Waals surface area contributed by atoms with Gasteiger partial charge >= 0.3 is 0 Å². The van der Waals surface area contributed by atoms with Gasteiger partial charge in [-0.25, -0.2) is 13.1 Å². The van der Waals surface area contributed by atoms with Gasteiger partial charge in [-0.3, -0.25) is 5.10 Å². The zero-order chi connectivity index (χ0) is 13.7. The Hall–Kier alpha value is -2.06. The average molecular weight is 282 g/mol. The van der Waals surface area contributed by atoms with Crippen molar-refractivity contribution in [3.63, 3.8) is 0 Å². The number of rotatable bonds is 6. The van der Waals surface area contributed by atoms with Crippen LogP contribution >= 0.6 is 0 Å². The van der Waals surface area contributed by atoms with Crippen LogP contribution in [0.4, 0.5) is 5.69 Å². The summed E-state index contributed by atoms with van der Waals surface area (Å²) >= 11 is 0. The summed E-state index contributed by atoms with van der Waals surface area (Å²) < 4.78 is 31.2. The molecule has 1 heterocycles. The minimum atomic E-state index is -3.56. The van der Waals surface area contributed by atoms with E-state index in [0.717, 1.165) is 0 Å². The second kappa shape index (κ2) is 5.72. The van der Waals surface area contributed by atoms with E-state index in [1.54, 1.807) is 24.3 Å². The molecule has 102 valence electrons. The van der Waals surface area contributed by atoms with Crippen LogP contribution in [0.5, 0.6) is 5.75 Å². The third-order valence-corrected chi connectivity index (χ3v) is 3.73. The molecule has 0 saturated heterocycles. The number of H-pyrrole nitrogens is 1. The Morgan fingerprint density at radius 1 is 1.32 bits per heavy atom. The summed E-state index contributed by atoms with van der Waals surface area (Å²) in [5.41, 5.74) is 6.20. The Bertz CT molecular complexity index is 625. The predicted octanol–water partition coefficient (Wildman–Crippen LogP) is 0.349. The van der Waals surface area contributed by atoms with Gasteiger partial charge in [0.05, 0.1) is 11.9 Å². The standard InChI is InChI=1S/C11H14N4O3S/c12-9-3-1-2-4-10(9)18-8-7-14-19(16,17)11-5-6-13-15-11/h1-6,14H,7-8,12H2,(H,13,15). The lowest BCUT2D eigenvalue weighted by Gasteiger charge is -2.09. The molecular weight excluding hydrogens is 268 g/mol. The van der Waals surface area contributed by atoms with Crippen LogP contribution in [0, 0.1) is 0 Å². The first kappa shape index (κ1) is 13.4. The third-order valence-electron chi connectivity index (χ3n) is 2.34. The molecule has 0 atom stereocenters. The highest BCUT2D eigenvalue weighted by molar-refractivity contribution is 7.89. The molecule has 0 aliphatic heterocycles.